The molecule has 1 aliphatic heterocycles. The minimum absolute atomic E-state index is 0.0183. The normalized spacial score (nSPS) is 13.4. The van der Waals surface area contributed by atoms with Crippen LogP contribution in [-0.2, 0) is 11.2 Å². The Morgan fingerprint density at radius 1 is 1.08 bits per heavy atom. The first-order valence-electron chi connectivity index (χ1n) is 12.0. The number of rotatable bonds is 10. The van der Waals surface area contributed by atoms with Gasteiger partial charge in [0.2, 0.25) is 5.91 Å². The van der Waals surface area contributed by atoms with Crippen LogP contribution < -0.4 is 19.9 Å². The molecule has 36 heavy (non-hydrogen) atoms. The van der Waals surface area contributed by atoms with Gasteiger partial charge in [0.05, 0.1) is 13.7 Å². The van der Waals surface area contributed by atoms with E-state index in [-0.39, 0.29) is 30.0 Å². The first-order chi connectivity index (χ1) is 17.6. The molecule has 4 rings (SSSR count). The summed E-state index contributed by atoms with van der Waals surface area (Å²) in [5.74, 6) is 1.47. The molecule has 1 N–H and O–H groups in total. The molecule has 0 atom stereocenters. The molecule has 9 nitrogen and oxygen atoms in total. The molecule has 0 aliphatic carbocycles. The third-order valence-corrected chi connectivity index (χ3v) is 6.11. The van der Waals surface area contributed by atoms with Gasteiger partial charge in [0.15, 0.2) is 17.3 Å². The second-order valence-electron chi connectivity index (χ2n) is 8.44. The van der Waals surface area contributed by atoms with Crippen LogP contribution in [0.2, 0.25) is 0 Å². The Labute approximate surface area is 210 Å². The highest BCUT2D eigenvalue weighted by Crippen LogP contribution is 2.31. The number of para-hydroxylation sites is 1. The van der Waals surface area contributed by atoms with E-state index in [1.807, 2.05) is 23.1 Å². The van der Waals surface area contributed by atoms with Crippen LogP contribution in [0.4, 0.5) is 5.69 Å². The molecule has 1 amide bonds. The molecule has 1 saturated heterocycles. The lowest BCUT2D eigenvalue weighted by Gasteiger charge is -2.36. The first-order valence-corrected chi connectivity index (χ1v) is 12.0. The number of H-pyrrole nitrogens is 1. The monoisotopic (exact) mass is 489 g/mol. The van der Waals surface area contributed by atoms with Gasteiger partial charge in [-0.25, -0.2) is 0 Å². The number of nitrogens with zero attached hydrogens (tertiary/aromatic N) is 4. The highest BCUT2D eigenvalue weighted by Gasteiger charge is 2.21. The molecule has 3 aromatic rings. The van der Waals surface area contributed by atoms with Crippen molar-refractivity contribution in [2.24, 2.45) is 0 Å². The second kappa shape index (κ2) is 12.0. The molecule has 0 saturated carbocycles. The lowest BCUT2D eigenvalue weighted by Crippen LogP contribution is -2.48. The molecule has 0 bridgehead atoms. The van der Waals surface area contributed by atoms with E-state index in [2.05, 4.69) is 38.8 Å². The van der Waals surface area contributed by atoms with E-state index in [4.69, 9.17) is 9.47 Å². The number of amides is 1. The van der Waals surface area contributed by atoms with Crippen molar-refractivity contribution in [1.82, 2.24) is 20.1 Å². The van der Waals surface area contributed by atoms with E-state index >= 15 is 0 Å². The number of nitrogens with one attached hydrogen (secondary N) is 1. The van der Waals surface area contributed by atoms with Crippen molar-refractivity contribution in [3.05, 3.63) is 77.2 Å². The van der Waals surface area contributed by atoms with Gasteiger partial charge in [0.1, 0.15) is 5.69 Å². The molecular formula is C27H31N5O4. The second-order valence-corrected chi connectivity index (χ2v) is 8.44. The first kappa shape index (κ1) is 25.0. The highest BCUT2D eigenvalue weighted by molar-refractivity contribution is 5.76. The van der Waals surface area contributed by atoms with Gasteiger partial charge in [-0.1, -0.05) is 24.3 Å². The predicted molar refractivity (Wildman–Crippen MR) is 139 cm³/mol. The molecule has 1 aromatic heterocycles. The van der Waals surface area contributed by atoms with Crippen molar-refractivity contribution >= 4 is 11.6 Å². The van der Waals surface area contributed by atoms with Crippen LogP contribution in [0, 0.1) is 0 Å². The average Bonchev–Trinajstić information content (AvgIpc) is 2.93. The molecule has 9 heteroatoms. The Kier molecular flexibility index (Phi) is 8.33. The fraction of sp³-hybridized carbons (Fsp3) is 0.333. The number of methoxy groups -OCH3 is 1. The van der Waals surface area contributed by atoms with E-state index in [1.165, 1.54) is 5.69 Å². The smallest absolute Gasteiger partial charge is 0.273 e. The Bertz CT molecular complexity index is 1240. The number of piperazine rings is 1. The lowest BCUT2D eigenvalue weighted by atomic mass is 10.1. The maximum atomic E-state index is 12.7. The average molecular weight is 490 g/mol. The molecule has 0 spiro atoms. The fourth-order valence-electron chi connectivity index (χ4n) is 4.08. The minimum Gasteiger partial charge on any atom is -0.493 e. The number of ether oxygens (including phenoxy) is 2. The summed E-state index contributed by atoms with van der Waals surface area (Å²) in [5.41, 5.74) is 1.70. The Hall–Kier alpha value is -4.14. The Balaban J connectivity index is 1.33. The number of aromatic amines is 1. The fourth-order valence-corrected chi connectivity index (χ4v) is 4.08. The topological polar surface area (TPSA) is 101 Å². The van der Waals surface area contributed by atoms with E-state index < -0.39 is 0 Å². The van der Waals surface area contributed by atoms with Crippen molar-refractivity contribution in [3.63, 3.8) is 0 Å². The summed E-state index contributed by atoms with van der Waals surface area (Å²) in [7, 11) is 1.55. The minimum atomic E-state index is -0.355. The number of hydrogen-bond acceptors (Lipinski definition) is 7. The Morgan fingerprint density at radius 2 is 1.86 bits per heavy atom. The number of hydrogen-bond donors (Lipinski definition) is 1. The van der Waals surface area contributed by atoms with Gasteiger partial charge in [-0.05, 0) is 36.8 Å². The lowest BCUT2D eigenvalue weighted by molar-refractivity contribution is -0.131. The van der Waals surface area contributed by atoms with Gasteiger partial charge >= 0.3 is 0 Å². The van der Waals surface area contributed by atoms with Crippen LogP contribution in [0.25, 0.3) is 11.4 Å². The quantitative estimate of drug-likeness (QED) is 0.345. The van der Waals surface area contributed by atoms with Crippen LogP contribution in [0.3, 0.4) is 0 Å². The van der Waals surface area contributed by atoms with Crippen LogP contribution in [0.15, 0.2) is 66.0 Å². The zero-order valence-electron chi connectivity index (χ0n) is 20.5. The van der Waals surface area contributed by atoms with Crippen LogP contribution >= 0.6 is 0 Å². The largest absolute Gasteiger partial charge is 0.493 e. The molecule has 0 radical (unpaired) electrons. The van der Waals surface area contributed by atoms with Gasteiger partial charge in [0, 0.05) is 50.3 Å². The summed E-state index contributed by atoms with van der Waals surface area (Å²) in [6.07, 6.45) is 2.95. The maximum Gasteiger partial charge on any atom is 0.273 e. The van der Waals surface area contributed by atoms with Gasteiger partial charge in [-0.3, -0.25) is 9.59 Å². The molecule has 1 aliphatic rings. The number of aromatic nitrogens is 3. The van der Waals surface area contributed by atoms with Gasteiger partial charge in [-0.15, -0.1) is 16.8 Å². The molecule has 2 aromatic carbocycles. The van der Waals surface area contributed by atoms with Crippen molar-refractivity contribution in [2.45, 2.75) is 19.3 Å². The number of carbonyl (C=O) groups is 1. The van der Waals surface area contributed by atoms with Crippen molar-refractivity contribution in [1.29, 1.82) is 0 Å². The van der Waals surface area contributed by atoms with Crippen molar-refractivity contribution in [2.75, 3.05) is 44.8 Å². The maximum absolute atomic E-state index is 12.7. The van der Waals surface area contributed by atoms with Gasteiger partial charge in [0.25, 0.3) is 5.56 Å². The zero-order valence-corrected chi connectivity index (χ0v) is 20.5. The highest BCUT2D eigenvalue weighted by atomic mass is 16.5. The zero-order chi connectivity index (χ0) is 25.3. The number of carbonyl (C=O) groups excluding carboxylic acids is 1. The summed E-state index contributed by atoms with van der Waals surface area (Å²) in [6, 6.07) is 15.5. The van der Waals surface area contributed by atoms with E-state index in [0.29, 0.717) is 42.6 Å². The van der Waals surface area contributed by atoms with Crippen LogP contribution in [0.5, 0.6) is 11.5 Å². The van der Waals surface area contributed by atoms with E-state index in [0.717, 1.165) is 19.5 Å². The third kappa shape index (κ3) is 6.10. The molecule has 0 unspecified atom stereocenters. The molecule has 188 valence electrons. The van der Waals surface area contributed by atoms with E-state index in [9.17, 15) is 9.59 Å². The Morgan fingerprint density at radius 3 is 2.56 bits per heavy atom. The molecular weight excluding hydrogens is 458 g/mol. The number of anilines is 1. The summed E-state index contributed by atoms with van der Waals surface area (Å²) < 4.78 is 11.1. The summed E-state index contributed by atoms with van der Waals surface area (Å²) in [4.78, 5) is 32.3. The molecule has 2 heterocycles. The third-order valence-electron chi connectivity index (χ3n) is 6.11. The number of benzene rings is 2. The summed E-state index contributed by atoms with van der Waals surface area (Å²) in [5, 5.41) is 8.28. The summed E-state index contributed by atoms with van der Waals surface area (Å²) in [6.45, 7) is 7.05. The van der Waals surface area contributed by atoms with Crippen LogP contribution in [-0.4, -0.2) is 65.9 Å². The predicted octanol–water partition coefficient (Wildman–Crippen LogP) is 3.08. The summed E-state index contributed by atoms with van der Waals surface area (Å²) >= 11 is 0. The van der Waals surface area contributed by atoms with Crippen LogP contribution in [0.1, 0.15) is 18.5 Å². The number of aryl methyl sites for hydroxylation is 1. The SMILES string of the molecule is C=CCCOc1ccc(-c2nnc(CCC(=O)N3CCN(c4ccccc4)CC3)c(=O)[nH]2)cc1OC. The van der Waals surface area contributed by atoms with Gasteiger partial charge < -0.3 is 24.3 Å². The van der Waals surface area contributed by atoms with Crippen molar-refractivity contribution < 1.29 is 14.3 Å². The molecule has 1 fully saturated rings. The van der Waals surface area contributed by atoms with E-state index in [1.54, 1.807) is 31.4 Å². The standard InChI is InChI=1S/C27H31N5O4/c1-3-4-18-36-23-12-10-20(19-24(23)35-2)26-28-27(34)22(29-30-26)11-13-25(33)32-16-14-31(15-17-32)21-8-6-5-7-9-21/h3,5-10,12,19H,1,4,11,13-18H2,2H3,(H,28,30,34). The van der Waals surface area contributed by atoms with Gasteiger partial charge in [-0.2, -0.15) is 0 Å². The van der Waals surface area contributed by atoms with Crippen molar-refractivity contribution in [3.8, 4) is 22.9 Å².